The van der Waals surface area contributed by atoms with E-state index in [1.54, 1.807) is 0 Å². The molecule has 2 nitrogen and oxygen atoms in total. The molecule has 0 aromatic carbocycles. The first-order chi connectivity index (χ1) is 6.54. The Morgan fingerprint density at radius 3 is 2.64 bits per heavy atom. The Morgan fingerprint density at radius 1 is 1.43 bits per heavy atom. The molecular formula is C12H22O2. The summed E-state index contributed by atoms with van der Waals surface area (Å²) in [5.74, 6) is 1.55. The van der Waals surface area contributed by atoms with E-state index in [0.717, 1.165) is 12.8 Å². The van der Waals surface area contributed by atoms with Crippen molar-refractivity contribution in [2.45, 2.75) is 53.1 Å². The smallest absolute Gasteiger partial charge is 0.306 e. The number of cyclic esters (lactones) is 1. The largest absolute Gasteiger partial charge is 0.462 e. The highest BCUT2D eigenvalue weighted by Crippen LogP contribution is 2.29. The molecule has 82 valence electrons. The van der Waals surface area contributed by atoms with E-state index in [0.29, 0.717) is 24.2 Å². The van der Waals surface area contributed by atoms with Gasteiger partial charge in [0.25, 0.3) is 0 Å². The van der Waals surface area contributed by atoms with Gasteiger partial charge in [-0.1, -0.05) is 34.1 Å². The number of esters is 1. The third-order valence-corrected chi connectivity index (χ3v) is 3.63. The topological polar surface area (TPSA) is 26.3 Å². The normalized spacial score (nSPS) is 36.0. The fraction of sp³-hybridized carbons (Fsp3) is 0.917. The number of ether oxygens (including phenoxy) is 1. The van der Waals surface area contributed by atoms with Crippen LogP contribution in [-0.4, -0.2) is 12.1 Å². The number of hydrogen-bond acceptors (Lipinski definition) is 2. The van der Waals surface area contributed by atoms with Crippen LogP contribution in [0.25, 0.3) is 0 Å². The molecule has 0 spiro atoms. The van der Waals surface area contributed by atoms with Crippen LogP contribution < -0.4 is 0 Å². The molecule has 0 saturated carbocycles. The third-order valence-electron chi connectivity index (χ3n) is 3.63. The highest BCUT2D eigenvalue weighted by Gasteiger charge is 2.30. The molecule has 0 amide bonds. The van der Waals surface area contributed by atoms with Crippen LogP contribution in [-0.2, 0) is 9.53 Å². The number of carbonyl (C=O) groups excluding carboxylic acids is 1. The molecule has 4 atom stereocenters. The van der Waals surface area contributed by atoms with Crippen LogP contribution in [0.2, 0.25) is 0 Å². The summed E-state index contributed by atoms with van der Waals surface area (Å²) in [6.07, 6.45) is 2.85. The van der Waals surface area contributed by atoms with E-state index in [2.05, 4.69) is 27.7 Å². The molecule has 0 bridgehead atoms. The Kier molecular flexibility index (Phi) is 3.97. The molecule has 0 N–H and O–H groups in total. The molecule has 0 aromatic rings. The van der Waals surface area contributed by atoms with Crippen LogP contribution in [0.5, 0.6) is 0 Å². The van der Waals surface area contributed by atoms with Gasteiger partial charge in [-0.25, -0.2) is 0 Å². The second-order valence-electron chi connectivity index (χ2n) is 4.81. The predicted molar refractivity (Wildman–Crippen MR) is 56.9 cm³/mol. The van der Waals surface area contributed by atoms with Gasteiger partial charge in [-0.05, 0) is 24.2 Å². The first kappa shape index (κ1) is 11.5. The molecule has 1 saturated heterocycles. The molecule has 0 aromatic heterocycles. The van der Waals surface area contributed by atoms with Crippen LogP contribution in [0.1, 0.15) is 47.0 Å². The lowest BCUT2D eigenvalue weighted by Gasteiger charge is -2.23. The molecule has 2 heteroatoms. The van der Waals surface area contributed by atoms with E-state index in [4.69, 9.17) is 4.74 Å². The molecule has 1 rings (SSSR count). The van der Waals surface area contributed by atoms with Crippen LogP contribution in [0.3, 0.4) is 0 Å². The van der Waals surface area contributed by atoms with Gasteiger partial charge in [0.05, 0.1) is 0 Å². The van der Waals surface area contributed by atoms with E-state index >= 15 is 0 Å². The zero-order chi connectivity index (χ0) is 10.7. The molecule has 0 aliphatic carbocycles. The van der Waals surface area contributed by atoms with Crippen molar-refractivity contribution in [3.63, 3.8) is 0 Å². The van der Waals surface area contributed by atoms with Crippen molar-refractivity contribution in [3.8, 4) is 0 Å². The lowest BCUT2D eigenvalue weighted by molar-refractivity contribution is -0.150. The maximum atomic E-state index is 11.4. The minimum atomic E-state index is -0.00727. The van der Waals surface area contributed by atoms with Crippen LogP contribution in [0, 0.1) is 17.8 Å². The van der Waals surface area contributed by atoms with Gasteiger partial charge in [0, 0.05) is 6.42 Å². The first-order valence-corrected chi connectivity index (χ1v) is 5.74. The molecule has 4 unspecified atom stereocenters. The van der Waals surface area contributed by atoms with Crippen molar-refractivity contribution in [2.75, 3.05) is 0 Å². The van der Waals surface area contributed by atoms with Gasteiger partial charge in [-0.3, -0.25) is 4.79 Å². The standard InChI is InChI=1S/C12H22O2/c1-5-8(2)11-6-9(3)10(4)7-12(13)14-11/h8-11H,5-7H2,1-4H3. The van der Waals surface area contributed by atoms with Gasteiger partial charge in [0.1, 0.15) is 6.10 Å². The summed E-state index contributed by atoms with van der Waals surface area (Å²) in [5.41, 5.74) is 0. The molecule has 0 radical (unpaired) electrons. The molecule has 1 aliphatic heterocycles. The van der Waals surface area contributed by atoms with E-state index in [1.807, 2.05) is 0 Å². The van der Waals surface area contributed by atoms with Crippen LogP contribution in [0.15, 0.2) is 0 Å². The summed E-state index contributed by atoms with van der Waals surface area (Å²) in [6.45, 7) is 8.69. The monoisotopic (exact) mass is 198 g/mol. The first-order valence-electron chi connectivity index (χ1n) is 5.74. The van der Waals surface area contributed by atoms with Crippen molar-refractivity contribution < 1.29 is 9.53 Å². The van der Waals surface area contributed by atoms with Gasteiger partial charge in [0.15, 0.2) is 0 Å². The quantitative estimate of drug-likeness (QED) is 0.637. The Bertz CT molecular complexity index is 200. The lowest BCUT2D eigenvalue weighted by atomic mass is 9.86. The Morgan fingerprint density at radius 2 is 2.07 bits per heavy atom. The zero-order valence-electron chi connectivity index (χ0n) is 9.75. The van der Waals surface area contributed by atoms with Crippen molar-refractivity contribution in [1.29, 1.82) is 0 Å². The minimum absolute atomic E-state index is 0.00727. The van der Waals surface area contributed by atoms with Gasteiger partial charge in [-0.2, -0.15) is 0 Å². The predicted octanol–water partition coefficient (Wildman–Crippen LogP) is 3.01. The summed E-state index contributed by atoms with van der Waals surface area (Å²) in [7, 11) is 0. The highest BCUT2D eigenvalue weighted by molar-refractivity contribution is 5.70. The van der Waals surface area contributed by atoms with E-state index in [9.17, 15) is 4.79 Å². The Hall–Kier alpha value is -0.530. The third kappa shape index (κ3) is 2.73. The summed E-state index contributed by atoms with van der Waals surface area (Å²) in [5, 5.41) is 0. The average molecular weight is 198 g/mol. The summed E-state index contributed by atoms with van der Waals surface area (Å²) in [4.78, 5) is 11.4. The second-order valence-corrected chi connectivity index (χ2v) is 4.81. The number of carbonyl (C=O) groups is 1. The molecule has 1 fully saturated rings. The molecular weight excluding hydrogens is 176 g/mol. The van der Waals surface area contributed by atoms with Gasteiger partial charge in [0.2, 0.25) is 0 Å². The maximum absolute atomic E-state index is 11.4. The Labute approximate surface area is 87.0 Å². The van der Waals surface area contributed by atoms with Gasteiger partial charge >= 0.3 is 5.97 Å². The number of rotatable bonds is 2. The van der Waals surface area contributed by atoms with Crippen molar-refractivity contribution >= 4 is 5.97 Å². The molecule has 1 aliphatic rings. The fourth-order valence-electron chi connectivity index (χ4n) is 1.94. The highest BCUT2D eigenvalue weighted by atomic mass is 16.5. The van der Waals surface area contributed by atoms with Crippen LogP contribution in [0.4, 0.5) is 0 Å². The van der Waals surface area contributed by atoms with Gasteiger partial charge in [-0.15, -0.1) is 0 Å². The fourth-order valence-corrected chi connectivity index (χ4v) is 1.94. The van der Waals surface area contributed by atoms with E-state index in [1.165, 1.54) is 0 Å². The minimum Gasteiger partial charge on any atom is -0.462 e. The molecule has 14 heavy (non-hydrogen) atoms. The molecule has 1 heterocycles. The summed E-state index contributed by atoms with van der Waals surface area (Å²) < 4.78 is 5.47. The van der Waals surface area contributed by atoms with E-state index in [-0.39, 0.29) is 12.1 Å². The van der Waals surface area contributed by atoms with Crippen LogP contribution >= 0.6 is 0 Å². The second kappa shape index (κ2) is 4.81. The Balaban J connectivity index is 2.65. The van der Waals surface area contributed by atoms with Crippen molar-refractivity contribution in [2.24, 2.45) is 17.8 Å². The van der Waals surface area contributed by atoms with E-state index < -0.39 is 0 Å². The average Bonchev–Trinajstić information content (AvgIpc) is 2.25. The summed E-state index contributed by atoms with van der Waals surface area (Å²) in [6, 6.07) is 0. The van der Waals surface area contributed by atoms with Crippen molar-refractivity contribution in [3.05, 3.63) is 0 Å². The van der Waals surface area contributed by atoms with Crippen molar-refractivity contribution in [1.82, 2.24) is 0 Å². The number of hydrogen-bond donors (Lipinski definition) is 0. The maximum Gasteiger partial charge on any atom is 0.306 e. The van der Waals surface area contributed by atoms with Gasteiger partial charge < -0.3 is 4.74 Å². The SMILES string of the molecule is CCC(C)C1CC(C)C(C)CC(=O)O1. The lowest BCUT2D eigenvalue weighted by Crippen LogP contribution is -2.24. The zero-order valence-corrected chi connectivity index (χ0v) is 9.75. The summed E-state index contributed by atoms with van der Waals surface area (Å²) >= 11 is 0.